The van der Waals surface area contributed by atoms with Crippen molar-refractivity contribution in [3.63, 3.8) is 0 Å². The van der Waals surface area contributed by atoms with E-state index in [1.807, 2.05) is 0 Å². The molecule has 0 radical (unpaired) electrons. The maximum absolute atomic E-state index is 12.9. The number of aromatic nitrogens is 1. The Morgan fingerprint density at radius 1 is 1.36 bits per heavy atom. The second-order valence-corrected chi connectivity index (χ2v) is 6.56. The summed E-state index contributed by atoms with van der Waals surface area (Å²) in [6.45, 7) is 2.34. The normalized spacial score (nSPS) is 20.0. The maximum atomic E-state index is 12.9. The summed E-state index contributed by atoms with van der Waals surface area (Å²) >= 11 is 0. The van der Waals surface area contributed by atoms with Gasteiger partial charge < -0.3 is 14.4 Å². The van der Waals surface area contributed by atoms with Gasteiger partial charge in [-0.3, -0.25) is 9.59 Å². The maximum Gasteiger partial charge on any atom is 0.311 e. The summed E-state index contributed by atoms with van der Waals surface area (Å²) in [5.74, 6) is -0.367. The Labute approximate surface area is 144 Å². The molecule has 1 aromatic carbocycles. The smallest absolute Gasteiger partial charge is 0.311 e. The predicted octanol–water partition coefficient (Wildman–Crippen LogP) is 2.74. The molecule has 2 heterocycles. The topological polar surface area (TPSA) is 83.6 Å². The van der Waals surface area contributed by atoms with Gasteiger partial charge in [-0.05, 0) is 37.6 Å². The lowest BCUT2D eigenvalue weighted by atomic mass is 9.90. The highest BCUT2D eigenvalue weighted by Crippen LogP contribution is 2.30. The Bertz CT molecular complexity index is 787. The van der Waals surface area contributed by atoms with Crippen molar-refractivity contribution in [2.24, 2.45) is 5.41 Å². The van der Waals surface area contributed by atoms with E-state index in [0.29, 0.717) is 36.6 Å². The number of nitrogens with zero attached hydrogens (tertiary/aromatic N) is 2. The molecule has 0 aliphatic carbocycles. The second kappa shape index (κ2) is 6.66. The standard InChI is InChI=1S/C18H19FN2O4/c1-18(17(23)24)8-9-21(11-18)16(22)7-6-15-20-10-14(25-15)12-2-4-13(19)5-3-12/h2-5,10H,6-9,11H2,1H3,(H,23,24). The second-order valence-electron chi connectivity index (χ2n) is 6.56. The van der Waals surface area contributed by atoms with Crippen molar-refractivity contribution in [3.05, 3.63) is 42.2 Å². The van der Waals surface area contributed by atoms with Crippen molar-refractivity contribution in [3.8, 4) is 11.3 Å². The first-order valence-electron chi connectivity index (χ1n) is 8.09. The fourth-order valence-corrected chi connectivity index (χ4v) is 2.89. The SMILES string of the molecule is CC1(C(=O)O)CCN(C(=O)CCc2ncc(-c3ccc(F)cc3)o2)C1. The molecule has 132 valence electrons. The van der Waals surface area contributed by atoms with Gasteiger partial charge in [0, 0.05) is 31.5 Å². The number of carbonyl (C=O) groups is 2. The van der Waals surface area contributed by atoms with Gasteiger partial charge in [0.05, 0.1) is 11.6 Å². The number of carboxylic acid groups (broad SMARTS) is 1. The highest BCUT2D eigenvalue weighted by molar-refractivity contribution is 5.80. The van der Waals surface area contributed by atoms with E-state index in [1.165, 1.54) is 12.1 Å². The summed E-state index contributed by atoms with van der Waals surface area (Å²) in [5.41, 5.74) is -0.155. The summed E-state index contributed by atoms with van der Waals surface area (Å²) < 4.78 is 18.5. The Kier molecular flexibility index (Phi) is 4.57. The van der Waals surface area contributed by atoms with Gasteiger partial charge in [-0.1, -0.05) is 0 Å². The number of halogens is 1. The number of likely N-dealkylation sites (tertiary alicyclic amines) is 1. The third-order valence-corrected chi connectivity index (χ3v) is 4.58. The number of rotatable bonds is 5. The highest BCUT2D eigenvalue weighted by atomic mass is 19.1. The molecule has 1 saturated heterocycles. The largest absolute Gasteiger partial charge is 0.481 e. The highest BCUT2D eigenvalue weighted by Gasteiger charge is 2.41. The van der Waals surface area contributed by atoms with Crippen LogP contribution in [0.4, 0.5) is 4.39 Å². The molecule has 0 spiro atoms. The molecule has 1 amide bonds. The van der Waals surface area contributed by atoms with Gasteiger partial charge in [0.25, 0.3) is 0 Å². The number of hydrogen-bond acceptors (Lipinski definition) is 4. The molecule has 7 heteroatoms. The molecule has 25 heavy (non-hydrogen) atoms. The zero-order valence-electron chi connectivity index (χ0n) is 13.9. The van der Waals surface area contributed by atoms with Gasteiger partial charge in [0.15, 0.2) is 11.7 Å². The zero-order valence-corrected chi connectivity index (χ0v) is 13.9. The molecule has 1 aliphatic heterocycles. The Morgan fingerprint density at radius 3 is 2.72 bits per heavy atom. The molecule has 2 aromatic rings. The Balaban J connectivity index is 1.57. The van der Waals surface area contributed by atoms with Gasteiger partial charge in [0.1, 0.15) is 5.82 Å². The number of aliphatic carboxylic acids is 1. The third kappa shape index (κ3) is 3.70. The van der Waals surface area contributed by atoms with Crippen LogP contribution in [0.2, 0.25) is 0 Å². The first-order valence-corrected chi connectivity index (χ1v) is 8.09. The lowest BCUT2D eigenvalue weighted by Gasteiger charge is -2.19. The number of oxazole rings is 1. The molecule has 3 rings (SSSR count). The van der Waals surface area contributed by atoms with Crippen LogP contribution in [0.3, 0.4) is 0 Å². The average Bonchev–Trinajstić information content (AvgIpc) is 3.21. The van der Waals surface area contributed by atoms with Gasteiger partial charge in [-0.2, -0.15) is 0 Å². The molecular weight excluding hydrogens is 327 g/mol. The van der Waals surface area contributed by atoms with Crippen molar-refractivity contribution in [1.82, 2.24) is 9.88 Å². The first kappa shape index (κ1) is 17.1. The number of hydrogen-bond donors (Lipinski definition) is 1. The van der Waals surface area contributed by atoms with E-state index in [9.17, 15) is 19.1 Å². The molecule has 1 aromatic heterocycles. The van der Waals surface area contributed by atoms with Crippen LogP contribution in [0.5, 0.6) is 0 Å². The summed E-state index contributed by atoms with van der Waals surface area (Å²) in [5, 5.41) is 9.22. The van der Waals surface area contributed by atoms with Crippen molar-refractivity contribution in [1.29, 1.82) is 0 Å². The van der Waals surface area contributed by atoms with Crippen molar-refractivity contribution < 1.29 is 23.5 Å². The quantitative estimate of drug-likeness (QED) is 0.900. The summed E-state index contributed by atoms with van der Waals surface area (Å²) in [4.78, 5) is 29.2. The summed E-state index contributed by atoms with van der Waals surface area (Å²) in [6.07, 6.45) is 2.55. The van der Waals surface area contributed by atoms with Crippen LogP contribution in [0.1, 0.15) is 25.7 Å². The van der Waals surface area contributed by atoms with Crippen LogP contribution >= 0.6 is 0 Å². The minimum absolute atomic E-state index is 0.105. The van der Waals surface area contributed by atoms with Gasteiger partial charge in [0.2, 0.25) is 5.91 Å². The number of amides is 1. The molecule has 6 nitrogen and oxygen atoms in total. The van der Waals surface area contributed by atoms with E-state index in [2.05, 4.69) is 4.98 Å². The van der Waals surface area contributed by atoms with E-state index < -0.39 is 11.4 Å². The first-order chi connectivity index (χ1) is 11.9. The van der Waals surface area contributed by atoms with Crippen LogP contribution in [0, 0.1) is 11.2 Å². The number of carboxylic acids is 1. The van der Waals surface area contributed by atoms with Crippen LogP contribution < -0.4 is 0 Å². The fourth-order valence-electron chi connectivity index (χ4n) is 2.89. The molecule has 0 saturated carbocycles. The monoisotopic (exact) mass is 346 g/mol. The van der Waals surface area contributed by atoms with Gasteiger partial charge in [-0.15, -0.1) is 0 Å². The number of benzene rings is 1. The molecule has 1 atom stereocenters. The van der Waals surface area contributed by atoms with E-state index in [-0.39, 0.29) is 24.7 Å². The van der Waals surface area contributed by atoms with E-state index in [1.54, 1.807) is 30.2 Å². The average molecular weight is 346 g/mol. The third-order valence-electron chi connectivity index (χ3n) is 4.58. The molecule has 1 aliphatic rings. The van der Waals surface area contributed by atoms with E-state index in [0.717, 1.165) is 0 Å². The van der Waals surface area contributed by atoms with Gasteiger partial charge >= 0.3 is 5.97 Å². The van der Waals surface area contributed by atoms with Crippen LogP contribution in [-0.2, 0) is 16.0 Å². The summed E-state index contributed by atoms with van der Waals surface area (Å²) in [6, 6.07) is 5.88. The molecular formula is C18H19FN2O4. The summed E-state index contributed by atoms with van der Waals surface area (Å²) in [7, 11) is 0. The molecule has 1 unspecified atom stereocenters. The van der Waals surface area contributed by atoms with Gasteiger partial charge in [-0.25, -0.2) is 9.37 Å². The lowest BCUT2D eigenvalue weighted by molar-refractivity contribution is -0.147. The van der Waals surface area contributed by atoms with Crippen LogP contribution in [0.15, 0.2) is 34.9 Å². The minimum Gasteiger partial charge on any atom is -0.481 e. The van der Waals surface area contributed by atoms with Crippen molar-refractivity contribution in [2.45, 2.75) is 26.2 Å². The molecule has 1 N–H and O–H groups in total. The van der Waals surface area contributed by atoms with Crippen LogP contribution in [0.25, 0.3) is 11.3 Å². The van der Waals surface area contributed by atoms with E-state index in [4.69, 9.17) is 4.42 Å². The fraction of sp³-hybridized carbons (Fsp3) is 0.389. The van der Waals surface area contributed by atoms with Crippen molar-refractivity contribution in [2.75, 3.05) is 13.1 Å². The predicted molar refractivity (Wildman–Crippen MR) is 87.2 cm³/mol. The van der Waals surface area contributed by atoms with E-state index >= 15 is 0 Å². The number of carbonyl (C=O) groups excluding carboxylic acids is 1. The molecule has 0 bridgehead atoms. The lowest BCUT2D eigenvalue weighted by Crippen LogP contribution is -2.34. The molecule has 1 fully saturated rings. The Morgan fingerprint density at radius 2 is 2.08 bits per heavy atom. The minimum atomic E-state index is -0.876. The number of aryl methyl sites for hydroxylation is 1. The zero-order chi connectivity index (χ0) is 18.0. The van der Waals surface area contributed by atoms with Crippen LogP contribution in [-0.4, -0.2) is 40.0 Å². The Hall–Kier alpha value is -2.70. The van der Waals surface area contributed by atoms with Crippen molar-refractivity contribution >= 4 is 11.9 Å².